The van der Waals surface area contributed by atoms with Gasteiger partial charge in [-0.2, -0.15) is 0 Å². The number of carbonyl (C=O) groups is 3. The molecule has 9 heteroatoms. The number of hydrogen-bond acceptors (Lipinski definition) is 5. The molecule has 0 bridgehead atoms. The number of nitrogens with zero attached hydrogens (tertiary/aromatic N) is 3. The molecule has 4 aromatic rings. The van der Waals surface area contributed by atoms with Gasteiger partial charge in [0.1, 0.15) is 12.2 Å². The Hall–Kier alpha value is -5.05. The molecule has 0 fully saturated rings. The van der Waals surface area contributed by atoms with Crippen LogP contribution in [0.4, 0.5) is 11.4 Å². The lowest BCUT2D eigenvalue weighted by molar-refractivity contribution is -0.117. The molecule has 3 aromatic carbocycles. The number of rotatable bonds is 9. The summed E-state index contributed by atoms with van der Waals surface area (Å²) in [5, 5.41) is 16.3. The fourth-order valence-corrected chi connectivity index (χ4v) is 3.64. The van der Waals surface area contributed by atoms with Crippen molar-refractivity contribution in [1.29, 1.82) is 0 Å². The maximum Gasteiger partial charge on any atom is 0.253 e. The van der Waals surface area contributed by atoms with E-state index in [4.69, 9.17) is 0 Å². The van der Waals surface area contributed by atoms with E-state index in [1.807, 2.05) is 50.2 Å². The predicted molar refractivity (Wildman–Crippen MR) is 146 cm³/mol. The molecule has 4 rings (SSSR count). The Morgan fingerprint density at radius 3 is 2.45 bits per heavy atom. The van der Waals surface area contributed by atoms with Crippen LogP contribution in [0.5, 0.6) is 0 Å². The molecule has 3 N–H and O–H groups in total. The van der Waals surface area contributed by atoms with Gasteiger partial charge < -0.3 is 16.0 Å². The second kappa shape index (κ2) is 12.3. The number of para-hydroxylation sites is 2. The molecule has 0 spiro atoms. The first kappa shape index (κ1) is 26.0. The van der Waals surface area contributed by atoms with Gasteiger partial charge in [-0.3, -0.25) is 14.4 Å². The SMILES string of the molecule is Cc1ccc(/C=C/C(=O)Nc2ccccc2C(=O)NCc2cn(CC(=O)Nc3ccccc3)nn2)cc1C. The molecule has 192 valence electrons. The summed E-state index contributed by atoms with van der Waals surface area (Å²) in [6.45, 7) is 4.14. The summed E-state index contributed by atoms with van der Waals surface area (Å²) >= 11 is 0. The van der Waals surface area contributed by atoms with E-state index in [2.05, 4.69) is 26.3 Å². The first-order valence-corrected chi connectivity index (χ1v) is 12.0. The highest BCUT2D eigenvalue weighted by Gasteiger charge is 2.13. The normalized spacial score (nSPS) is 10.8. The number of benzene rings is 3. The highest BCUT2D eigenvalue weighted by molar-refractivity contribution is 6.07. The van der Waals surface area contributed by atoms with Crippen LogP contribution in [0.15, 0.2) is 85.1 Å². The van der Waals surface area contributed by atoms with Crippen LogP contribution in [0, 0.1) is 13.8 Å². The van der Waals surface area contributed by atoms with Gasteiger partial charge in [-0.05, 0) is 60.9 Å². The third kappa shape index (κ3) is 7.23. The summed E-state index contributed by atoms with van der Waals surface area (Å²) in [4.78, 5) is 37.6. The zero-order chi connectivity index (χ0) is 26.9. The molecule has 0 saturated heterocycles. The Morgan fingerprint density at radius 2 is 1.66 bits per heavy atom. The van der Waals surface area contributed by atoms with Crippen LogP contribution in [0.1, 0.15) is 32.7 Å². The molecule has 1 heterocycles. The first-order valence-electron chi connectivity index (χ1n) is 12.0. The number of nitrogens with one attached hydrogen (secondary N) is 3. The van der Waals surface area contributed by atoms with Gasteiger partial charge in [-0.25, -0.2) is 4.68 Å². The molecule has 0 radical (unpaired) electrons. The molecule has 0 unspecified atom stereocenters. The van der Waals surface area contributed by atoms with Gasteiger partial charge >= 0.3 is 0 Å². The van der Waals surface area contributed by atoms with Gasteiger partial charge in [0.15, 0.2) is 0 Å². The molecule has 0 atom stereocenters. The fraction of sp³-hybridized carbons (Fsp3) is 0.138. The maximum absolute atomic E-state index is 12.9. The lowest BCUT2D eigenvalue weighted by atomic mass is 10.1. The monoisotopic (exact) mass is 508 g/mol. The number of aromatic nitrogens is 3. The van der Waals surface area contributed by atoms with Gasteiger partial charge in [0, 0.05) is 11.8 Å². The van der Waals surface area contributed by atoms with E-state index in [1.54, 1.807) is 48.7 Å². The summed E-state index contributed by atoms with van der Waals surface area (Å²) < 4.78 is 1.40. The molecule has 1 aromatic heterocycles. The van der Waals surface area contributed by atoms with Crippen molar-refractivity contribution in [3.8, 4) is 0 Å². The summed E-state index contributed by atoms with van der Waals surface area (Å²) in [6.07, 6.45) is 4.76. The summed E-state index contributed by atoms with van der Waals surface area (Å²) in [5.41, 5.74) is 5.13. The molecule has 0 saturated carbocycles. The maximum atomic E-state index is 12.9. The van der Waals surface area contributed by atoms with Gasteiger partial charge in [0.05, 0.1) is 24.0 Å². The molecule has 0 aliphatic rings. The van der Waals surface area contributed by atoms with Crippen molar-refractivity contribution in [3.63, 3.8) is 0 Å². The lowest BCUT2D eigenvalue weighted by Crippen LogP contribution is -2.24. The van der Waals surface area contributed by atoms with E-state index in [-0.39, 0.29) is 30.8 Å². The van der Waals surface area contributed by atoms with E-state index in [9.17, 15) is 14.4 Å². The minimum Gasteiger partial charge on any atom is -0.346 e. The molecule has 38 heavy (non-hydrogen) atoms. The minimum absolute atomic E-state index is 0.0135. The zero-order valence-electron chi connectivity index (χ0n) is 21.1. The molecular weight excluding hydrogens is 480 g/mol. The third-order valence-electron chi connectivity index (χ3n) is 5.77. The van der Waals surface area contributed by atoms with Crippen LogP contribution < -0.4 is 16.0 Å². The summed E-state index contributed by atoms with van der Waals surface area (Å²) in [5.74, 6) is -0.969. The van der Waals surface area contributed by atoms with Crippen LogP contribution in [0.3, 0.4) is 0 Å². The number of aryl methyl sites for hydroxylation is 2. The van der Waals surface area contributed by atoms with Gasteiger partial charge in [0.25, 0.3) is 5.91 Å². The second-order valence-electron chi connectivity index (χ2n) is 8.72. The van der Waals surface area contributed by atoms with Crippen molar-refractivity contribution in [2.45, 2.75) is 26.9 Å². The van der Waals surface area contributed by atoms with Crippen molar-refractivity contribution < 1.29 is 14.4 Å². The Bertz CT molecular complexity index is 1480. The molecule has 9 nitrogen and oxygen atoms in total. The number of anilines is 2. The first-order chi connectivity index (χ1) is 18.4. The topological polar surface area (TPSA) is 118 Å². The van der Waals surface area contributed by atoms with Crippen LogP contribution in [-0.2, 0) is 22.7 Å². The van der Waals surface area contributed by atoms with Gasteiger partial charge in [0.2, 0.25) is 11.8 Å². The predicted octanol–water partition coefficient (Wildman–Crippen LogP) is 4.12. The molecule has 0 aliphatic heterocycles. The summed E-state index contributed by atoms with van der Waals surface area (Å²) in [6, 6.07) is 21.8. The van der Waals surface area contributed by atoms with E-state index in [1.165, 1.54) is 16.3 Å². The van der Waals surface area contributed by atoms with E-state index in [0.29, 0.717) is 22.6 Å². The lowest BCUT2D eigenvalue weighted by Gasteiger charge is -2.10. The quantitative estimate of drug-likeness (QED) is 0.294. The van der Waals surface area contributed by atoms with E-state index >= 15 is 0 Å². The Morgan fingerprint density at radius 1 is 0.895 bits per heavy atom. The number of carbonyl (C=O) groups excluding carboxylic acids is 3. The van der Waals surface area contributed by atoms with Crippen molar-refractivity contribution in [1.82, 2.24) is 20.3 Å². The standard InChI is InChI=1S/C29H28N6O3/c1-20-12-13-22(16-21(20)2)14-15-27(36)32-26-11-7-6-10-25(26)29(38)30-17-24-18-35(34-33-24)19-28(37)31-23-8-4-3-5-9-23/h3-16,18H,17,19H2,1-2H3,(H,30,38)(H,31,37)(H,32,36)/b15-14+. The number of hydrogen-bond donors (Lipinski definition) is 3. The average Bonchev–Trinajstić information content (AvgIpc) is 3.36. The van der Waals surface area contributed by atoms with Gasteiger partial charge in [-0.1, -0.05) is 53.7 Å². The third-order valence-corrected chi connectivity index (χ3v) is 5.77. The highest BCUT2D eigenvalue weighted by Crippen LogP contribution is 2.16. The van der Waals surface area contributed by atoms with E-state index in [0.717, 1.165) is 11.1 Å². The largest absolute Gasteiger partial charge is 0.346 e. The molecular formula is C29H28N6O3. The van der Waals surface area contributed by atoms with Crippen molar-refractivity contribution in [3.05, 3.63) is 113 Å². The Balaban J connectivity index is 1.31. The van der Waals surface area contributed by atoms with Gasteiger partial charge in [-0.15, -0.1) is 5.10 Å². The second-order valence-corrected chi connectivity index (χ2v) is 8.72. The van der Waals surface area contributed by atoms with Crippen LogP contribution >= 0.6 is 0 Å². The molecule has 3 amide bonds. The highest BCUT2D eigenvalue weighted by atomic mass is 16.2. The number of amides is 3. The summed E-state index contributed by atoms with van der Waals surface area (Å²) in [7, 11) is 0. The zero-order valence-corrected chi connectivity index (χ0v) is 21.1. The van der Waals surface area contributed by atoms with Crippen molar-refractivity contribution >= 4 is 35.2 Å². The van der Waals surface area contributed by atoms with Crippen LogP contribution in [0.25, 0.3) is 6.08 Å². The van der Waals surface area contributed by atoms with Crippen LogP contribution in [0.2, 0.25) is 0 Å². The smallest absolute Gasteiger partial charge is 0.253 e. The minimum atomic E-state index is -0.379. The van der Waals surface area contributed by atoms with Crippen molar-refractivity contribution in [2.75, 3.05) is 10.6 Å². The Kier molecular flexibility index (Phi) is 8.40. The van der Waals surface area contributed by atoms with Crippen LogP contribution in [-0.4, -0.2) is 32.7 Å². The Labute approximate surface area is 220 Å². The molecule has 0 aliphatic carbocycles. The average molecular weight is 509 g/mol. The van der Waals surface area contributed by atoms with E-state index < -0.39 is 0 Å². The van der Waals surface area contributed by atoms with Crippen molar-refractivity contribution in [2.24, 2.45) is 0 Å². The fourth-order valence-electron chi connectivity index (χ4n) is 3.64.